The van der Waals surface area contributed by atoms with Crippen LogP contribution in [0.2, 0.25) is 10.0 Å². The summed E-state index contributed by atoms with van der Waals surface area (Å²) in [5, 5.41) is 9.84. The number of amides is 2. The minimum Gasteiger partial charge on any atom is -0.334 e. The van der Waals surface area contributed by atoms with E-state index >= 15 is 0 Å². The predicted molar refractivity (Wildman–Crippen MR) is 74.5 cm³/mol. The Labute approximate surface area is 116 Å². The summed E-state index contributed by atoms with van der Waals surface area (Å²) in [4.78, 5) is 11.8. The summed E-state index contributed by atoms with van der Waals surface area (Å²) in [5.41, 5.74) is 0.519. The lowest BCUT2D eigenvalue weighted by Gasteiger charge is -2.24. The van der Waals surface area contributed by atoms with Crippen molar-refractivity contribution in [1.82, 2.24) is 10.6 Å². The Morgan fingerprint density at radius 3 is 2.94 bits per heavy atom. The molecule has 0 spiro atoms. The second-order valence-electron chi connectivity index (χ2n) is 4.27. The molecule has 3 N–H and O–H groups in total. The van der Waals surface area contributed by atoms with Gasteiger partial charge < -0.3 is 16.0 Å². The summed E-state index contributed by atoms with van der Waals surface area (Å²) in [6, 6.07) is 4.87. The van der Waals surface area contributed by atoms with E-state index in [1.807, 2.05) is 0 Å². The molecule has 1 aromatic rings. The lowest BCUT2D eigenvalue weighted by molar-refractivity contribution is 0.245. The number of carbonyl (C=O) groups is 1. The monoisotopic (exact) mass is 287 g/mol. The van der Waals surface area contributed by atoms with Gasteiger partial charge >= 0.3 is 6.03 Å². The molecule has 0 aromatic heterocycles. The van der Waals surface area contributed by atoms with E-state index in [1.165, 1.54) is 0 Å². The first-order chi connectivity index (χ1) is 8.65. The van der Waals surface area contributed by atoms with Crippen molar-refractivity contribution in [2.75, 3.05) is 18.4 Å². The topological polar surface area (TPSA) is 53.2 Å². The highest BCUT2D eigenvalue weighted by atomic mass is 35.5. The molecule has 1 heterocycles. The maximum absolute atomic E-state index is 11.8. The molecule has 98 valence electrons. The van der Waals surface area contributed by atoms with Gasteiger partial charge in [0.25, 0.3) is 0 Å². The molecule has 18 heavy (non-hydrogen) atoms. The van der Waals surface area contributed by atoms with Gasteiger partial charge in [0.2, 0.25) is 0 Å². The van der Waals surface area contributed by atoms with Gasteiger partial charge in [0.15, 0.2) is 0 Å². The third-order valence-electron chi connectivity index (χ3n) is 2.81. The number of hydrogen-bond acceptors (Lipinski definition) is 2. The van der Waals surface area contributed by atoms with Crippen LogP contribution >= 0.6 is 23.2 Å². The Balaban J connectivity index is 1.92. The molecule has 1 saturated heterocycles. The number of benzene rings is 1. The van der Waals surface area contributed by atoms with Crippen molar-refractivity contribution in [3.05, 3.63) is 28.2 Å². The molecular weight excluding hydrogens is 273 g/mol. The van der Waals surface area contributed by atoms with E-state index in [9.17, 15) is 4.79 Å². The normalized spacial score (nSPS) is 19.3. The Kier molecular flexibility index (Phi) is 4.69. The maximum atomic E-state index is 11.8. The molecule has 1 fully saturated rings. The van der Waals surface area contributed by atoms with Gasteiger partial charge in [0.05, 0.1) is 10.7 Å². The Bertz CT molecular complexity index is 433. The molecule has 0 saturated carbocycles. The predicted octanol–water partition coefficient (Wildman–Crippen LogP) is 2.87. The fourth-order valence-corrected chi connectivity index (χ4v) is 2.25. The van der Waals surface area contributed by atoms with Gasteiger partial charge in [-0.15, -0.1) is 0 Å². The van der Waals surface area contributed by atoms with Crippen molar-refractivity contribution in [3.8, 4) is 0 Å². The smallest absolute Gasteiger partial charge is 0.319 e. The van der Waals surface area contributed by atoms with Crippen molar-refractivity contribution >= 4 is 34.9 Å². The largest absolute Gasteiger partial charge is 0.334 e. The molecule has 2 amide bonds. The maximum Gasteiger partial charge on any atom is 0.319 e. The van der Waals surface area contributed by atoms with Gasteiger partial charge in [0.1, 0.15) is 0 Å². The summed E-state index contributed by atoms with van der Waals surface area (Å²) in [7, 11) is 0. The van der Waals surface area contributed by atoms with E-state index in [1.54, 1.807) is 18.2 Å². The molecule has 1 aliphatic heterocycles. The van der Waals surface area contributed by atoms with Crippen molar-refractivity contribution < 1.29 is 4.79 Å². The van der Waals surface area contributed by atoms with Crippen LogP contribution in [0.25, 0.3) is 0 Å². The van der Waals surface area contributed by atoms with Crippen LogP contribution in [0.4, 0.5) is 10.5 Å². The SMILES string of the molecule is O=C(Nc1cc(Cl)ccc1Cl)N[C@H]1CCCNC1. The van der Waals surface area contributed by atoms with Crippen LogP contribution in [0.15, 0.2) is 18.2 Å². The summed E-state index contributed by atoms with van der Waals surface area (Å²) >= 11 is 11.8. The average molecular weight is 288 g/mol. The van der Waals surface area contributed by atoms with Gasteiger partial charge in [-0.05, 0) is 37.6 Å². The summed E-state index contributed by atoms with van der Waals surface area (Å²) in [6.45, 7) is 1.82. The minimum absolute atomic E-state index is 0.164. The fraction of sp³-hybridized carbons (Fsp3) is 0.417. The lowest BCUT2D eigenvalue weighted by atomic mass is 10.1. The number of anilines is 1. The first kappa shape index (κ1) is 13.5. The summed E-state index contributed by atoms with van der Waals surface area (Å²) in [5.74, 6) is 0. The average Bonchev–Trinajstić information content (AvgIpc) is 2.35. The van der Waals surface area contributed by atoms with Gasteiger partial charge in [-0.25, -0.2) is 4.79 Å². The number of hydrogen-bond donors (Lipinski definition) is 3. The Hall–Kier alpha value is -0.970. The molecule has 4 nitrogen and oxygen atoms in total. The number of carbonyl (C=O) groups excluding carboxylic acids is 1. The number of halogens is 2. The zero-order valence-corrected chi connectivity index (χ0v) is 11.3. The van der Waals surface area contributed by atoms with E-state index in [2.05, 4.69) is 16.0 Å². The number of rotatable bonds is 2. The van der Waals surface area contributed by atoms with Crippen LogP contribution < -0.4 is 16.0 Å². The highest BCUT2D eigenvalue weighted by Crippen LogP contribution is 2.25. The fourth-order valence-electron chi connectivity index (χ4n) is 1.91. The van der Waals surface area contributed by atoms with Gasteiger partial charge in [0, 0.05) is 17.6 Å². The van der Waals surface area contributed by atoms with Gasteiger partial charge in [-0.2, -0.15) is 0 Å². The van der Waals surface area contributed by atoms with Crippen LogP contribution in [0.3, 0.4) is 0 Å². The van der Waals surface area contributed by atoms with E-state index in [4.69, 9.17) is 23.2 Å². The van der Waals surface area contributed by atoms with E-state index in [-0.39, 0.29) is 12.1 Å². The Morgan fingerprint density at radius 1 is 1.39 bits per heavy atom. The summed E-state index contributed by atoms with van der Waals surface area (Å²) < 4.78 is 0. The zero-order valence-electron chi connectivity index (χ0n) is 9.80. The molecule has 0 bridgehead atoms. The van der Waals surface area contributed by atoms with Crippen LogP contribution in [-0.2, 0) is 0 Å². The quantitative estimate of drug-likeness (QED) is 0.783. The Morgan fingerprint density at radius 2 is 2.22 bits per heavy atom. The minimum atomic E-state index is -0.257. The number of nitrogens with one attached hydrogen (secondary N) is 3. The molecule has 0 unspecified atom stereocenters. The first-order valence-corrected chi connectivity index (χ1v) is 6.64. The molecule has 1 aliphatic rings. The van der Waals surface area contributed by atoms with Crippen molar-refractivity contribution in [1.29, 1.82) is 0 Å². The van der Waals surface area contributed by atoms with E-state index < -0.39 is 0 Å². The number of piperidine rings is 1. The first-order valence-electron chi connectivity index (χ1n) is 5.88. The van der Waals surface area contributed by atoms with E-state index in [0.717, 1.165) is 25.9 Å². The molecule has 1 aromatic carbocycles. The molecular formula is C12H15Cl2N3O. The molecule has 2 rings (SSSR count). The highest BCUT2D eigenvalue weighted by molar-refractivity contribution is 6.35. The van der Waals surface area contributed by atoms with Crippen LogP contribution in [-0.4, -0.2) is 25.2 Å². The second-order valence-corrected chi connectivity index (χ2v) is 5.11. The van der Waals surface area contributed by atoms with E-state index in [0.29, 0.717) is 15.7 Å². The van der Waals surface area contributed by atoms with Crippen molar-refractivity contribution in [3.63, 3.8) is 0 Å². The highest BCUT2D eigenvalue weighted by Gasteiger charge is 2.15. The molecule has 6 heteroatoms. The van der Waals surface area contributed by atoms with Crippen molar-refractivity contribution in [2.24, 2.45) is 0 Å². The van der Waals surface area contributed by atoms with Crippen LogP contribution in [0.1, 0.15) is 12.8 Å². The third kappa shape index (κ3) is 3.77. The van der Waals surface area contributed by atoms with Gasteiger partial charge in [-0.1, -0.05) is 23.2 Å². The van der Waals surface area contributed by atoms with Crippen LogP contribution in [0, 0.1) is 0 Å². The van der Waals surface area contributed by atoms with Crippen LogP contribution in [0.5, 0.6) is 0 Å². The molecule has 0 radical (unpaired) electrons. The van der Waals surface area contributed by atoms with Crippen molar-refractivity contribution in [2.45, 2.75) is 18.9 Å². The number of urea groups is 1. The third-order valence-corrected chi connectivity index (χ3v) is 3.37. The zero-order chi connectivity index (χ0) is 13.0. The molecule has 1 atom stereocenters. The second kappa shape index (κ2) is 6.27. The lowest BCUT2D eigenvalue weighted by Crippen LogP contribution is -2.47. The molecule has 0 aliphatic carbocycles. The summed E-state index contributed by atoms with van der Waals surface area (Å²) in [6.07, 6.45) is 2.06. The standard InChI is InChI=1S/C12H15Cl2N3O/c13-8-3-4-10(14)11(6-8)17-12(18)16-9-2-1-5-15-7-9/h3-4,6,9,15H,1-2,5,7H2,(H2,16,17,18)/t9-/m0/s1. The van der Waals surface area contributed by atoms with Gasteiger partial charge in [-0.3, -0.25) is 0 Å².